The monoisotopic (exact) mass is 273 g/mol. The molecule has 74 valence electrons. The first kappa shape index (κ1) is 11.4. The number of rotatable bonds is 3. The minimum atomic E-state index is -0.436. The second kappa shape index (κ2) is 5.23. The van der Waals surface area contributed by atoms with Crippen molar-refractivity contribution in [1.82, 2.24) is 0 Å². The molecule has 0 saturated carbocycles. The number of hydrogen-bond acceptors (Lipinski definition) is 2. The summed E-state index contributed by atoms with van der Waals surface area (Å²) in [6.07, 6.45) is 0.205. The van der Waals surface area contributed by atoms with Crippen LogP contribution in [0.2, 0.25) is 5.02 Å². The lowest BCUT2D eigenvalue weighted by Crippen LogP contribution is -2.12. The van der Waals surface area contributed by atoms with E-state index >= 15 is 0 Å². The second-order valence-electron chi connectivity index (χ2n) is 2.72. The first-order valence-electron chi connectivity index (χ1n) is 4.18. The van der Waals surface area contributed by atoms with Gasteiger partial charge in [0.2, 0.25) is 0 Å². The molecule has 0 N–H and O–H groups in total. The van der Waals surface area contributed by atoms with Gasteiger partial charge in [0.1, 0.15) is 11.8 Å². The lowest BCUT2D eigenvalue weighted by molar-refractivity contribution is 0.252. The second-order valence-corrected chi connectivity index (χ2v) is 4.04. The summed E-state index contributed by atoms with van der Waals surface area (Å²) in [5.41, 5.74) is 0. The standard InChI is InChI=1S/C10H9BrClNO/c1-2-8(6-13)14-10-4-3-7(11)5-9(10)12/h3-5,8H,2H2,1H3. The minimum Gasteiger partial charge on any atom is -0.474 e. The molecule has 0 heterocycles. The maximum atomic E-state index is 8.71. The molecule has 1 aromatic carbocycles. The van der Waals surface area contributed by atoms with Crippen LogP contribution >= 0.6 is 27.5 Å². The van der Waals surface area contributed by atoms with Gasteiger partial charge in [-0.1, -0.05) is 34.5 Å². The maximum absolute atomic E-state index is 8.71. The summed E-state index contributed by atoms with van der Waals surface area (Å²) in [6, 6.07) is 7.35. The Balaban J connectivity index is 2.82. The molecular weight excluding hydrogens is 265 g/mol. The average molecular weight is 275 g/mol. The van der Waals surface area contributed by atoms with E-state index in [1.54, 1.807) is 12.1 Å². The van der Waals surface area contributed by atoms with Gasteiger partial charge in [-0.05, 0) is 24.6 Å². The molecule has 0 saturated heterocycles. The smallest absolute Gasteiger partial charge is 0.184 e. The largest absolute Gasteiger partial charge is 0.474 e. The maximum Gasteiger partial charge on any atom is 0.184 e. The summed E-state index contributed by atoms with van der Waals surface area (Å²) in [5, 5.41) is 9.21. The van der Waals surface area contributed by atoms with Gasteiger partial charge >= 0.3 is 0 Å². The molecule has 0 aliphatic heterocycles. The fraction of sp³-hybridized carbons (Fsp3) is 0.300. The molecule has 1 rings (SSSR count). The van der Waals surface area contributed by atoms with Crippen LogP contribution in [0.5, 0.6) is 5.75 Å². The molecule has 0 aromatic heterocycles. The Hall–Kier alpha value is -0.720. The van der Waals surface area contributed by atoms with Gasteiger partial charge in [-0.25, -0.2) is 0 Å². The molecule has 0 bridgehead atoms. The quantitative estimate of drug-likeness (QED) is 0.840. The number of halogens is 2. The first-order valence-corrected chi connectivity index (χ1v) is 5.35. The predicted molar refractivity (Wildman–Crippen MR) is 59.5 cm³/mol. The molecule has 0 amide bonds. The van der Waals surface area contributed by atoms with Crippen molar-refractivity contribution in [3.05, 3.63) is 27.7 Å². The van der Waals surface area contributed by atoms with Gasteiger partial charge in [-0.3, -0.25) is 0 Å². The Labute approximate surface area is 96.6 Å². The molecule has 0 radical (unpaired) electrons. The van der Waals surface area contributed by atoms with Crippen molar-refractivity contribution in [2.24, 2.45) is 0 Å². The number of nitriles is 1. The van der Waals surface area contributed by atoms with Crippen molar-refractivity contribution < 1.29 is 4.74 Å². The van der Waals surface area contributed by atoms with E-state index < -0.39 is 6.10 Å². The van der Waals surface area contributed by atoms with E-state index in [0.717, 1.165) is 4.47 Å². The molecule has 4 heteroatoms. The van der Waals surface area contributed by atoms with E-state index in [-0.39, 0.29) is 0 Å². The van der Waals surface area contributed by atoms with E-state index in [1.807, 2.05) is 19.1 Å². The van der Waals surface area contributed by atoms with Gasteiger partial charge in [0.05, 0.1) is 5.02 Å². The molecule has 0 aliphatic carbocycles. The van der Waals surface area contributed by atoms with Crippen LogP contribution in [0.25, 0.3) is 0 Å². The Morgan fingerprint density at radius 2 is 2.36 bits per heavy atom. The third-order valence-electron chi connectivity index (χ3n) is 1.68. The fourth-order valence-electron chi connectivity index (χ4n) is 0.925. The Morgan fingerprint density at radius 3 is 2.86 bits per heavy atom. The molecule has 1 atom stereocenters. The predicted octanol–water partition coefficient (Wildman–Crippen LogP) is 3.78. The zero-order valence-electron chi connectivity index (χ0n) is 7.63. The number of nitrogens with zero attached hydrogens (tertiary/aromatic N) is 1. The van der Waals surface area contributed by atoms with Crippen LogP contribution in [-0.2, 0) is 0 Å². The van der Waals surface area contributed by atoms with Gasteiger partial charge < -0.3 is 4.74 Å². The van der Waals surface area contributed by atoms with Crippen LogP contribution in [-0.4, -0.2) is 6.10 Å². The van der Waals surface area contributed by atoms with Gasteiger partial charge in [0, 0.05) is 4.47 Å². The van der Waals surface area contributed by atoms with E-state index in [4.69, 9.17) is 21.6 Å². The number of benzene rings is 1. The van der Waals surface area contributed by atoms with Crippen molar-refractivity contribution >= 4 is 27.5 Å². The lowest BCUT2D eigenvalue weighted by atomic mass is 10.3. The number of ether oxygens (including phenoxy) is 1. The number of hydrogen-bond donors (Lipinski definition) is 0. The molecule has 0 spiro atoms. The highest BCUT2D eigenvalue weighted by Crippen LogP contribution is 2.28. The summed E-state index contributed by atoms with van der Waals surface area (Å²) in [7, 11) is 0. The first-order chi connectivity index (χ1) is 6.67. The van der Waals surface area contributed by atoms with Gasteiger partial charge in [-0.2, -0.15) is 5.26 Å². The molecule has 0 fully saturated rings. The normalized spacial score (nSPS) is 11.9. The summed E-state index contributed by atoms with van der Waals surface area (Å²) in [6.45, 7) is 1.89. The SMILES string of the molecule is CCC(C#N)Oc1ccc(Br)cc1Cl. The highest BCUT2D eigenvalue weighted by molar-refractivity contribution is 9.10. The minimum absolute atomic E-state index is 0.436. The average Bonchev–Trinajstić information content (AvgIpc) is 2.17. The van der Waals surface area contributed by atoms with E-state index in [1.165, 1.54) is 0 Å². The molecule has 2 nitrogen and oxygen atoms in total. The summed E-state index contributed by atoms with van der Waals surface area (Å²) in [5.74, 6) is 0.545. The Morgan fingerprint density at radius 1 is 1.64 bits per heavy atom. The van der Waals surface area contributed by atoms with Crippen molar-refractivity contribution in [3.8, 4) is 11.8 Å². The van der Waals surface area contributed by atoms with Crippen LogP contribution in [0.4, 0.5) is 0 Å². The molecular formula is C10H9BrClNO. The Bertz CT molecular complexity index is 362. The van der Waals surface area contributed by atoms with Crippen LogP contribution < -0.4 is 4.74 Å². The summed E-state index contributed by atoms with van der Waals surface area (Å²) in [4.78, 5) is 0. The van der Waals surface area contributed by atoms with Crippen molar-refractivity contribution in [2.75, 3.05) is 0 Å². The van der Waals surface area contributed by atoms with Crippen LogP contribution in [0.1, 0.15) is 13.3 Å². The molecule has 1 aromatic rings. The van der Waals surface area contributed by atoms with Crippen LogP contribution in [0.15, 0.2) is 22.7 Å². The van der Waals surface area contributed by atoms with Gasteiger partial charge in [0.15, 0.2) is 6.10 Å². The van der Waals surface area contributed by atoms with Crippen molar-refractivity contribution in [2.45, 2.75) is 19.4 Å². The molecule has 0 aliphatic rings. The van der Waals surface area contributed by atoms with E-state index in [2.05, 4.69) is 15.9 Å². The van der Waals surface area contributed by atoms with Crippen LogP contribution in [0.3, 0.4) is 0 Å². The van der Waals surface area contributed by atoms with Crippen LogP contribution in [0, 0.1) is 11.3 Å². The topological polar surface area (TPSA) is 33.0 Å². The molecule has 1 unspecified atom stereocenters. The zero-order valence-corrected chi connectivity index (χ0v) is 9.97. The van der Waals surface area contributed by atoms with Crippen molar-refractivity contribution in [1.29, 1.82) is 5.26 Å². The van der Waals surface area contributed by atoms with Crippen molar-refractivity contribution in [3.63, 3.8) is 0 Å². The molecule has 14 heavy (non-hydrogen) atoms. The van der Waals surface area contributed by atoms with Gasteiger partial charge in [0.25, 0.3) is 0 Å². The van der Waals surface area contributed by atoms with E-state index in [9.17, 15) is 0 Å². The fourth-order valence-corrected chi connectivity index (χ4v) is 1.64. The summed E-state index contributed by atoms with van der Waals surface area (Å²) >= 11 is 9.21. The Kier molecular flexibility index (Phi) is 4.24. The third kappa shape index (κ3) is 2.90. The highest BCUT2D eigenvalue weighted by atomic mass is 79.9. The lowest BCUT2D eigenvalue weighted by Gasteiger charge is -2.11. The third-order valence-corrected chi connectivity index (χ3v) is 2.47. The van der Waals surface area contributed by atoms with E-state index in [0.29, 0.717) is 17.2 Å². The summed E-state index contributed by atoms with van der Waals surface area (Å²) < 4.78 is 6.27. The zero-order chi connectivity index (χ0) is 10.6. The van der Waals surface area contributed by atoms with Gasteiger partial charge in [-0.15, -0.1) is 0 Å². The highest BCUT2D eigenvalue weighted by Gasteiger charge is 2.08.